The van der Waals surface area contributed by atoms with E-state index in [-0.39, 0.29) is 12.3 Å². The number of thiazole rings is 1. The maximum atomic E-state index is 12.0. The second kappa shape index (κ2) is 7.85. The number of aromatic nitrogens is 1. The van der Waals surface area contributed by atoms with E-state index < -0.39 is 17.1 Å². The highest BCUT2D eigenvalue weighted by Gasteiger charge is 2.18. The van der Waals surface area contributed by atoms with Gasteiger partial charge in [-0.15, -0.1) is 22.9 Å². The average molecular weight is 352 g/mol. The van der Waals surface area contributed by atoms with Gasteiger partial charge in [-0.3, -0.25) is 19.7 Å². The van der Waals surface area contributed by atoms with E-state index in [9.17, 15) is 14.4 Å². The lowest BCUT2D eigenvalue weighted by molar-refractivity contribution is -0.134. The van der Waals surface area contributed by atoms with Gasteiger partial charge in [-0.1, -0.05) is 18.2 Å². The first-order valence-corrected chi connectivity index (χ1v) is 8.05. The highest BCUT2D eigenvalue weighted by molar-refractivity contribution is 7.13. The van der Waals surface area contributed by atoms with Gasteiger partial charge in [0.2, 0.25) is 11.7 Å². The standard InChI is InChI=1S/C15H14ClN3O3S/c1-9(16)13(21)18-11-5-3-2-4-10(11)8-12(20)14(22)19-15-17-6-7-23-15/h2-7,9H,8H2,1H3,(H,18,21)(H,17,19,22). The third kappa shape index (κ3) is 4.87. The predicted octanol–water partition coefficient (Wildman–Crippen LogP) is 2.46. The average Bonchev–Trinajstić information content (AvgIpc) is 3.01. The molecule has 0 aliphatic rings. The van der Waals surface area contributed by atoms with Crippen molar-refractivity contribution in [3.63, 3.8) is 0 Å². The second-order valence-corrected chi connectivity index (χ2v) is 6.20. The molecule has 0 aliphatic carbocycles. The van der Waals surface area contributed by atoms with Crippen LogP contribution in [0, 0.1) is 0 Å². The lowest BCUT2D eigenvalue weighted by atomic mass is 10.1. The van der Waals surface area contributed by atoms with E-state index in [1.54, 1.807) is 36.6 Å². The van der Waals surface area contributed by atoms with Gasteiger partial charge in [0.1, 0.15) is 5.38 Å². The summed E-state index contributed by atoms with van der Waals surface area (Å²) in [5.41, 5.74) is 0.998. The minimum Gasteiger partial charge on any atom is -0.325 e. The van der Waals surface area contributed by atoms with Crippen molar-refractivity contribution in [2.24, 2.45) is 0 Å². The van der Waals surface area contributed by atoms with Gasteiger partial charge < -0.3 is 5.32 Å². The highest BCUT2D eigenvalue weighted by atomic mass is 35.5. The number of rotatable bonds is 6. The van der Waals surface area contributed by atoms with Crippen LogP contribution in [0.4, 0.5) is 10.8 Å². The van der Waals surface area contributed by atoms with Crippen molar-refractivity contribution in [1.82, 2.24) is 4.98 Å². The Morgan fingerprint density at radius 1 is 1.26 bits per heavy atom. The molecule has 0 fully saturated rings. The number of carbonyl (C=O) groups excluding carboxylic acids is 3. The number of hydrogen-bond donors (Lipinski definition) is 2. The molecule has 1 unspecified atom stereocenters. The van der Waals surface area contributed by atoms with E-state index >= 15 is 0 Å². The van der Waals surface area contributed by atoms with E-state index in [2.05, 4.69) is 15.6 Å². The van der Waals surface area contributed by atoms with Crippen LogP contribution in [0.3, 0.4) is 0 Å². The molecule has 2 aromatic rings. The largest absolute Gasteiger partial charge is 0.325 e. The van der Waals surface area contributed by atoms with Gasteiger partial charge in [0.25, 0.3) is 5.91 Å². The van der Waals surface area contributed by atoms with Crippen LogP contribution in [0.5, 0.6) is 0 Å². The van der Waals surface area contributed by atoms with Gasteiger partial charge in [-0.2, -0.15) is 0 Å². The molecular formula is C15H14ClN3O3S. The summed E-state index contributed by atoms with van der Waals surface area (Å²) in [6.07, 6.45) is 1.40. The van der Waals surface area contributed by atoms with Crippen LogP contribution in [0.15, 0.2) is 35.8 Å². The Morgan fingerprint density at radius 3 is 2.65 bits per heavy atom. The number of alkyl halides is 1. The fraction of sp³-hybridized carbons (Fsp3) is 0.200. The van der Waals surface area contributed by atoms with Crippen molar-refractivity contribution in [1.29, 1.82) is 0 Å². The number of hydrogen-bond acceptors (Lipinski definition) is 5. The van der Waals surface area contributed by atoms with Gasteiger partial charge in [0, 0.05) is 23.7 Å². The van der Waals surface area contributed by atoms with Crippen molar-refractivity contribution in [3.8, 4) is 0 Å². The lowest BCUT2D eigenvalue weighted by Gasteiger charge is -2.11. The molecule has 6 nitrogen and oxygen atoms in total. The Hall–Kier alpha value is -2.25. The van der Waals surface area contributed by atoms with E-state index in [0.29, 0.717) is 16.4 Å². The monoisotopic (exact) mass is 351 g/mol. The van der Waals surface area contributed by atoms with Crippen LogP contribution < -0.4 is 10.6 Å². The van der Waals surface area contributed by atoms with Crippen LogP contribution in [-0.2, 0) is 20.8 Å². The number of nitrogens with one attached hydrogen (secondary N) is 2. The summed E-state index contributed by atoms with van der Waals surface area (Å²) in [5, 5.41) is 6.42. The van der Waals surface area contributed by atoms with Crippen LogP contribution in [0.25, 0.3) is 0 Å². The van der Waals surface area contributed by atoms with E-state index in [1.807, 2.05) is 0 Å². The fourth-order valence-electron chi connectivity index (χ4n) is 1.73. The molecule has 0 bridgehead atoms. The summed E-state index contributed by atoms with van der Waals surface area (Å²) >= 11 is 6.94. The maximum Gasteiger partial charge on any atom is 0.293 e. The van der Waals surface area contributed by atoms with Gasteiger partial charge in [0.05, 0.1) is 0 Å². The zero-order chi connectivity index (χ0) is 16.8. The number of Topliss-reactive ketones (excluding diaryl/α,β-unsaturated/α-hetero) is 1. The predicted molar refractivity (Wildman–Crippen MR) is 89.8 cm³/mol. The topological polar surface area (TPSA) is 88.2 Å². The van der Waals surface area contributed by atoms with Gasteiger partial charge in [0.15, 0.2) is 5.13 Å². The minimum atomic E-state index is -0.744. The zero-order valence-corrected chi connectivity index (χ0v) is 13.8. The third-order valence-corrected chi connectivity index (χ3v) is 3.78. The molecule has 23 heavy (non-hydrogen) atoms. The van der Waals surface area contributed by atoms with Crippen molar-refractivity contribution < 1.29 is 14.4 Å². The number of para-hydroxylation sites is 1. The molecular weight excluding hydrogens is 338 g/mol. The Kier molecular flexibility index (Phi) is 5.84. The summed E-state index contributed by atoms with van der Waals surface area (Å²) in [7, 11) is 0. The summed E-state index contributed by atoms with van der Waals surface area (Å²) in [4.78, 5) is 39.5. The fourth-order valence-corrected chi connectivity index (χ4v) is 2.31. The second-order valence-electron chi connectivity index (χ2n) is 4.65. The Balaban J connectivity index is 2.05. The molecule has 120 valence electrons. The van der Waals surface area contributed by atoms with Crippen molar-refractivity contribution in [2.45, 2.75) is 18.7 Å². The number of anilines is 2. The van der Waals surface area contributed by atoms with E-state index in [1.165, 1.54) is 17.5 Å². The molecule has 0 saturated heterocycles. The quantitative estimate of drug-likeness (QED) is 0.618. The van der Waals surface area contributed by atoms with Crippen LogP contribution in [0.1, 0.15) is 12.5 Å². The minimum absolute atomic E-state index is 0.135. The Bertz CT molecular complexity index is 717. The number of carbonyl (C=O) groups is 3. The molecule has 0 spiro atoms. The van der Waals surface area contributed by atoms with Crippen LogP contribution in [0.2, 0.25) is 0 Å². The van der Waals surface area contributed by atoms with Gasteiger partial charge in [-0.05, 0) is 18.6 Å². The number of benzene rings is 1. The molecule has 0 saturated carbocycles. The summed E-state index contributed by atoms with van der Waals surface area (Å²) in [5.74, 6) is -1.74. The van der Waals surface area contributed by atoms with Crippen LogP contribution >= 0.6 is 22.9 Å². The molecule has 1 atom stereocenters. The SMILES string of the molecule is CC(Cl)C(=O)Nc1ccccc1CC(=O)C(=O)Nc1nccs1. The molecule has 2 rings (SSSR count). The number of amides is 2. The van der Waals surface area contributed by atoms with Gasteiger partial charge >= 0.3 is 0 Å². The normalized spacial score (nSPS) is 11.6. The molecule has 0 aliphatic heterocycles. The highest BCUT2D eigenvalue weighted by Crippen LogP contribution is 2.17. The van der Waals surface area contributed by atoms with Gasteiger partial charge in [-0.25, -0.2) is 4.98 Å². The van der Waals surface area contributed by atoms with Crippen molar-refractivity contribution in [3.05, 3.63) is 41.4 Å². The Labute approximate surface area is 141 Å². The maximum absolute atomic E-state index is 12.0. The lowest BCUT2D eigenvalue weighted by Crippen LogP contribution is -2.25. The van der Waals surface area contributed by atoms with E-state index in [0.717, 1.165) is 0 Å². The molecule has 1 aromatic heterocycles. The zero-order valence-electron chi connectivity index (χ0n) is 12.2. The molecule has 1 aromatic carbocycles. The molecule has 0 radical (unpaired) electrons. The van der Waals surface area contributed by atoms with E-state index in [4.69, 9.17) is 11.6 Å². The summed E-state index contributed by atoms with van der Waals surface area (Å²) in [6, 6.07) is 6.76. The summed E-state index contributed by atoms with van der Waals surface area (Å²) < 4.78 is 0. The number of halogens is 1. The van der Waals surface area contributed by atoms with Crippen molar-refractivity contribution >= 4 is 51.4 Å². The summed E-state index contributed by atoms with van der Waals surface area (Å²) in [6.45, 7) is 1.55. The third-order valence-electron chi connectivity index (χ3n) is 2.89. The molecule has 8 heteroatoms. The molecule has 1 heterocycles. The first-order valence-electron chi connectivity index (χ1n) is 6.74. The first kappa shape index (κ1) is 17.1. The number of nitrogens with zero attached hydrogens (tertiary/aromatic N) is 1. The Morgan fingerprint density at radius 2 is 2.00 bits per heavy atom. The molecule has 2 amide bonds. The number of ketones is 1. The molecule has 2 N–H and O–H groups in total. The van der Waals surface area contributed by atoms with Crippen molar-refractivity contribution in [2.75, 3.05) is 10.6 Å². The first-order chi connectivity index (χ1) is 11.0. The smallest absolute Gasteiger partial charge is 0.293 e. The van der Waals surface area contributed by atoms with Crippen LogP contribution in [-0.4, -0.2) is 28.0 Å².